The second-order valence-electron chi connectivity index (χ2n) is 3.10. The Kier molecular flexibility index (Phi) is 2.79. The van der Waals surface area contributed by atoms with Crippen molar-refractivity contribution < 1.29 is 8.42 Å². The molecule has 3 nitrogen and oxygen atoms in total. The second-order valence-corrected chi connectivity index (χ2v) is 6.45. The van der Waals surface area contributed by atoms with E-state index in [-0.39, 0.29) is 0 Å². The Bertz CT molecular complexity index is 406. The maximum Gasteiger partial charge on any atom is 0.215 e. The fourth-order valence-corrected chi connectivity index (χ4v) is 2.93. The van der Waals surface area contributed by atoms with Crippen LogP contribution in [0.3, 0.4) is 0 Å². The average Bonchev–Trinajstić information content (AvgIpc) is 2.26. The summed E-state index contributed by atoms with van der Waals surface area (Å²) in [5.74, 6) is 0. The van der Waals surface area contributed by atoms with Gasteiger partial charge in [0.25, 0.3) is 0 Å². The van der Waals surface area contributed by atoms with Crippen molar-refractivity contribution in [1.29, 1.82) is 0 Å². The van der Waals surface area contributed by atoms with E-state index >= 15 is 0 Å². The summed E-state index contributed by atoms with van der Waals surface area (Å²) in [6.45, 7) is 5.48. The molecule has 1 aromatic rings. The molecule has 1 aromatic heterocycles. The topological polar surface area (TPSA) is 60.2 Å². The minimum absolute atomic E-state index is 0.600. The summed E-state index contributed by atoms with van der Waals surface area (Å²) >= 11 is 1.59. The molecule has 2 N–H and O–H groups in total. The normalized spacial score (nSPS) is 14.5. The largest absolute Gasteiger partial charge is 0.228 e. The van der Waals surface area contributed by atoms with E-state index in [1.807, 2.05) is 19.9 Å². The fourth-order valence-electron chi connectivity index (χ4n) is 1.23. The SMILES string of the molecule is Cc1cc(C(C)S(N)(=O)=O)c(C)s1. The predicted molar refractivity (Wildman–Crippen MR) is 55.3 cm³/mol. The molecule has 0 spiro atoms. The van der Waals surface area contributed by atoms with E-state index in [4.69, 9.17) is 5.14 Å². The van der Waals surface area contributed by atoms with Crippen LogP contribution in [0.4, 0.5) is 0 Å². The van der Waals surface area contributed by atoms with Crippen LogP contribution >= 0.6 is 11.3 Å². The van der Waals surface area contributed by atoms with Gasteiger partial charge in [0.1, 0.15) is 0 Å². The van der Waals surface area contributed by atoms with Gasteiger partial charge in [-0.05, 0) is 32.4 Å². The van der Waals surface area contributed by atoms with Crippen molar-refractivity contribution in [3.63, 3.8) is 0 Å². The summed E-state index contributed by atoms with van der Waals surface area (Å²) in [7, 11) is -3.46. The van der Waals surface area contributed by atoms with Crippen LogP contribution in [0.15, 0.2) is 6.07 Å². The molecular weight excluding hydrogens is 206 g/mol. The van der Waals surface area contributed by atoms with E-state index in [9.17, 15) is 8.42 Å². The summed E-state index contributed by atoms with van der Waals surface area (Å²) in [6.07, 6.45) is 0. The maximum atomic E-state index is 11.1. The lowest BCUT2D eigenvalue weighted by Crippen LogP contribution is -2.19. The van der Waals surface area contributed by atoms with Gasteiger partial charge in [-0.1, -0.05) is 0 Å². The zero-order valence-electron chi connectivity index (χ0n) is 7.87. The van der Waals surface area contributed by atoms with Gasteiger partial charge in [-0.25, -0.2) is 13.6 Å². The third-order valence-electron chi connectivity index (χ3n) is 2.01. The van der Waals surface area contributed by atoms with Crippen LogP contribution in [0.2, 0.25) is 0 Å². The van der Waals surface area contributed by atoms with Crippen LogP contribution in [0, 0.1) is 13.8 Å². The van der Waals surface area contributed by atoms with E-state index in [1.165, 1.54) is 0 Å². The average molecular weight is 219 g/mol. The molecule has 1 heterocycles. The lowest BCUT2D eigenvalue weighted by molar-refractivity contribution is 0.588. The first kappa shape index (κ1) is 10.7. The minimum atomic E-state index is -3.46. The Morgan fingerprint density at radius 1 is 1.46 bits per heavy atom. The number of hydrogen-bond donors (Lipinski definition) is 1. The molecule has 74 valence electrons. The van der Waals surface area contributed by atoms with Gasteiger partial charge in [0.05, 0.1) is 5.25 Å². The molecule has 5 heteroatoms. The molecule has 0 aliphatic heterocycles. The Morgan fingerprint density at radius 3 is 2.31 bits per heavy atom. The van der Waals surface area contributed by atoms with Crippen molar-refractivity contribution >= 4 is 21.4 Å². The molecule has 0 aliphatic carbocycles. The van der Waals surface area contributed by atoms with Gasteiger partial charge in [0.2, 0.25) is 10.0 Å². The summed E-state index contributed by atoms with van der Waals surface area (Å²) in [5.41, 5.74) is 0.824. The highest BCUT2D eigenvalue weighted by molar-refractivity contribution is 7.89. The Hall–Kier alpha value is -0.390. The van der Waals surface area contributed by atoms with E-state index in [1.54, 1.807) is 18.3 Å². The van der Waals surface area contributed by atoms with Crippen molar-refractivity contribution in [2.45, 2.75) is 26.0 Å². The fraction of sp³-hybridized carbons (Fsp3) is 0.500. The van der Waals surface area contributed by atoms with Gasteiger partial charge in [-0.3, -0.25) is 0 Å². The van der Waals surface area contributed by atoms with Crippen molar-refractivity contribution in [2.75, 3.05) is 0 Å². The zero-order valence-corrected chi connectivity index (χ0v) is 9.50. The van der Waals surface area contributed by atoms with Gasteiger partial charge >= 0.3 is 0 Å². The second kappa shape index (κ2) is 3.40. The van der Waals surface area contributed by atoms with Crippen LogP contribution in [-0.2, 0) is 10.0 Å². The molecule has 0 fully saturated rings. The lowest BCUT2D eigenvalue weighted by Gasteiger charge is -2.07. The van der Waals surface area contributed by atoms with Gasteiger partial charge < -0.3 is 0 Å². The molecule has 0 radical (unpaired) electrons. The number of thiophene rings is 1. The van der Waals surface area contributed by atoms with E-state index in [0.717, 1.165) is 15.3 Å². The number of sulfonamides is 1. The first-order valence-corrected chi connectivity index (χ1v) is 6.33. The summed E-state index contributed by atoms with van der Waals surface area (Å²) < 4.78 is 22.2. The summed E-state index contributed by atoms with van der Waals surface area (Å²) in [6, 6.07) is 1.88. The van der Waals surface area contributed by atoms with Gasteiger partial charge in [0, 0.05) is 9.75 Å². The quantitative estimate of drug-likeness (QED) is 0.823. The van der Waals surface area contributed by atoms with Crippen LogP contribution in [0.5, 0.6) is 0 Å². The van der Waals surface area contributed by atoms with Crippen LogP contribution in [-0.4, -0.2) is 8.42 Å². The number of nitrogens with two attached hydrogens (primary N) is 1. The van der Waals surface area contributed by atoms with Crippen molar-refractivity contribution in [3.8, 4) is 0 Å². The lowest BCUT2D eigenvalue weighted by atomic mass is 10.2. The Labute approximate surface area is 82.6 Å². The van der Waals surface area contributed by atoms with E-state index in [2.05, 4.69) is 0 Å². The highest BCUT2D eigenvalue weighted by Crippen LogP contribution is 2.29. The highest BCUT2D eigenvalue weighted by atomic mass is 32.2. The molecule has 1 unspecified atom stereocenters. The Morgan fingerprint density at radius 2 is 2.00 bits per heavy atom. The first-order valence-electron chi connectivity index (χ1n) is 3.91. The predicted octanol–water partition coefficient (Wildman–Crippen LogP) is 1.71. The van der Waals surface area contributed by atoms with Crippen LogP contribution in [0.25, 0.3) is 0 Å². The monoisotopic (exact) mass is 219 g/mol. The third kappa shape index (κ3) is 2.30. The molecule has 0 saturated heterocycles. The molecule has 13 heavy (non-hydrogen) atoms. The van der Waals surface area contributed by atoms with Crippen molar-refractivity contribution in [1.82, 2.24) is 0 Å². The maximum absolute atomic E-state index is 11.1. The molecular formula is C8H13NO2S2. The van der Waals surface area contributed by atoms with Gasteiger partial charge in [-0.15, -0.1) is 11.3 Å². The zero-order chi connectivity index (χ0) is 10.2. The number of aryl methyl sites for hydroxylation is 2. The smallest absolute Gasteiger partial charge is 0.215 e. The molecule has 0 saturated carbocycles. The summed E-state index contributed by atoms with van der Waals surface area (Å²) in [4.78, 5) is 2.14. The van der Waals surface area contributed by atoms with Gasteiger partial charge in [0.15, 0.2) is 0 Å². The summed E-state index contributed by atoms with van der Waals surface area (Å²) in [5, 5.41) is 4.47. The van der Waals surface area contributed by atoms with Gasteiger partial charge in [-0.2, -0.15) is 0 Å². The first-order chi connectivity index (χ1) is 5.82. The standard InChI is InChI=1S/C8H13NO2S2/c1-5-4-8(6(2)12-5)7(3)13(9,10)11/h4,7H,1-3H3,(H2,9,10,11). The molecule has 0 amide bonds. The third-order valence-corrected chi connectivity index (χ3v) is 4.23. The highest BCUT2D eigenvalue weighted by Gasteiger charge is 2.20. The number of primary sulfonamides is 1. The molecule has 1 rings (SSSR count). The van der Waals surface area contributed by atoms with Crippen molar-refractivity contribution in [2.24, 2.45) is 5.14 Å². The van der Waals surface area contributed by atoms with E-state index in [0.29, 0.717) is 0 Å². The van der Waals surface area contributed by atoms with E-state index < -0.39 is 15.3 Å². The number of rotatable bonds is 2. The number of hydrogen-bond acceptors (Lipinski definition) is 3. The Balaban J connectivity index is 3.16. The molecule has 0 aliphatic rings. The molecule has 0 bridgehead atoms. The molecule has 0 aromatic carbocycles. The van der Waals surface area contributed by atoms with Crippen molar-refractivity contribution in [3.05, 3.63) is 21.4 Å². The minimum Gasteiger partial charge on any atom is -0.228 e. The van der Waals surface area contributed by atoms with Crippen LogP contribution < -0.4 is 5.14 Å². The molecule has 1 atom stereocenters. The van der Waals surface area contributed by atoms with Crippen LogP contribution in [0.1, 0.15) is 27.5 Å².